The van der Waals surface area contributed by atoms with Crippen molar-refractivity contribution in [1.29, 1.82) is 0 Å². The summed E-state index contributed by atoms with van der Waals surface area (Å²) in [6, 6.07) is 5.40. The number of H-pyrrole nitrogens is 1. The molecule has 0 bridgehead atoms. The number of benzene rings is 1. The van der Waals surface area contributed by atoms with E-state index >= 15 is 0 Å². The maximum Gasteiger partial charge on any atom is 0.127 e. The van der Waals surface area contributed by atoms with Gasteiger partial charge in [-0.15, -0.1) is 0 Å². The fraction of sp³-hybridized carbons (Fsp3) is 0.385. The summed E-state index contributed by atoms with van der Waals surface area (Å²) in [7, 11) is 0. The zero-order chi connectivity index (χ0) is 11.8. The molecular formula is C13H15BrFN. The van der Waals surface area contributed by atoms with Crippen LogP contribution >= 0.6 is 15.9 Å². The Labute approximate surface area is 103 Å². The molecule has 2 rings (SSSR count). The van der Waals surface area contributed by atoms with Crippen LogP contribution in [-0.4, -0.2) is 10.3 Å². The highest BCUT2D eigenvalue weighted by molar-refractivity contribution is 9.09. The number of aromatic nitrogens is 1. The summed E-state index contributed by atoms with van der Waals surface area (Å²) in [5.41, 5.74) is 1.85. The van der Waals surface area contributed by atoms with Crippen LogP contribution in [0.3, 0.4) is 0 Å². The topological polar surface area (TPSA) is 15.8 Å². The van der Waals surface area contributed by atoms with Crippen LogP contribution in [0.5, 0.6) is 0 Å². The zero-order valence-corrected chi connectivity index (χ0v) is 11.1. The van der Waals surface area contributed by atoms with Gasteiger partial charge in [-0.05, 0) is 35.6 Å². The van der Waals surface area contributed by atoms with E-state index in [0.29, 0.717) is 0 Å². The Morgan fingerprint density at radius 3 is 2.81 bits per heavy atom. The Balaban J connectivity index is 2.40. The average molecular weight is 284 g/mol. The third kappa shape index (κ3) is 2.29. The molecule has 0 unspecified atom stereocenters. The summed E-state index contributed by atoms with van der Waals surface area (Å²) in [6.07, 6.45) is 2.57. The molecule has 0 amide bonds. The molecule has 2 aromatic rings. The Bertz CT molecular complexity index is 502. The average Bonchev–Trinajstić information content (AvgIpc) is 2.65. The van der Waals surface area contributed by atoms with Gasteiger partial charge in [-0.25, -0.2) is 4.39 Å². The molecule has 16 heavy (non-hydrogen) atoms. The molecule has 0 aliphatic carbocycles. The molecule has 86 valence electrons. The minimum absolute atomic E-state index is 0.0705. The first-order chi connectivity index (χ1) is 7.52. The highest BCUT2D eigenvalue weighted by Crippen LogP contribution is 2.27. The molecule has 0 radical (unpaired) electrons. The minimum atomic E-state index is -0.110. The van der Waals surface area contributed by atoms with Gasteiger partial charge >= 0.3 is 0 Å². The summed E-state index contributed by atoms with van der Waals surface area (Å²) in [5, 5.41) is 1.79. The molecule has 0 aliphatic rings. The van der Waals surface area contributed by atoms with Gasteiger partial charge < -0.3 is 4.98 Å². The van der Waals surface area contributed by atoms with Gasteiger partial charge in [0.1, 0.15) is 5.82 Å². The first-order valence-corrected chi connectivity index (χ1v) is 6.45. The van der Waals surface area contributed by atoms with Crippen molar-refractivity contribution >= 4 is 26.8 Å². The monoisotopic (exact) mass is 283 g/mol. The van der Waals surface area contributed by atoms with E-state index in [-0.39, 0.29) is 11.2 Å². The summed E-state index contributed by atoms with van der Waals surface area (Å²) < 4.78 is 13.8. The summed E-state index contributed by atoms with van der Waals surface area (Å²) in [4.78, 5) is 3.11. The van der Waals surface area contributed by atoms with Crippen molar-refractivity contribution in [3.8, 4) is 0 Å². The molecule has 0 atom stereocenters. The first-order valence-electron chi connectivity index (χ1n) is 5.33. The third-order valence-electron chi connectivity index (χ3n) is 2.75. The maximum atomic E-state index is 13.8. The van der Waals surface area contributed by atoms with Crippen molar-refractivity contribution in [2.24, 2.45) is 5.41 Å². The lowest BCUT2D eigenvalue weighted by Crippen LogP contribution is -2.17. The summed E-state index contributed by atoms with van der Waals surface area (Å²) >= 11 is 3.46. The molecule has 1 aromatic carbocycles. The Morgan fingerprint density at radius 2 is 2.12 bits per heavy atom. The van der Waals surface area contributed by atoms with Gasteiger partial charge in [0, 0.05) is 22.4 Å². The molecule has 1 heterocycles. The van der Waals surface area contributed by atoms with E-state index in [1.807, 2.05) is 18.3 Å². The second kappa shape index (κ2) is 4.21. The second-order valence-corrected chi connectivity index (χ2v) is 5.54. The maximum absolute atomic E-state index is 13.8. The Kier molecular flexibility index (Phi) is 3.06. The van der Waals surface area contributed by atoms with Crippen LogP contribution in [0.2, 0.25) is 0 Å². The van der Waals surface area contributed by atoms with Crippen LogP contribution in [0.4, 0.5) is 4.39 Å². The van der Waals surface area contributed by atoms with E-state index in [9.17, 15) is 4.39 Å². The van der Waals surface area contributed by atoms with Crippen molar-refractivity contribution < 1.29 is 4.39 Å². The van der Waals surface area contributed by atoms with Crippen molar-refractivity contribution in [2.45, 2.75) is 20.3 Å². The van der Waals surface area contributed by atoms with E-state index in [4.69, 9.17) is 0 Å². The van der Waals surface area contributed by atoms with Crippen molar-refractivity contribution in [3.05, 3.63) is 35.8 Å². The van der Waals surface area contributed by atoms with E-state index in [2.05, 4.69) is 34.8 Å². The molecule has 1 nitrogen and oxygen atoms in total. The van der Waals surface area contributed by atoms with Gasteiger partial charge in [-0.3, -0.25) is 0 Å². The van der Waals surface area contributed by atoms with Crippen molar-refractivity contribution in [2.75, 3.05) is 5.33 Å². The fourth-order valence-corrected chi connectivity index (χ4v) is 2.01. The van der Waals surface area contributed by atoms with Crippen molar-refractivity contribution in [1.82, 2.24) is 4.98 Å². The van der Waals surface area contributed by atoms with Crippen molar-refractivity contribution in [3.63, 3.8) is 0 Å². The lowest BCUT2D eigenvalue weighted by Gasteiger charge is -2.21. The highest BCUT2D eigenvalue weighted by atomic mass is 79.9. The predicted molar refractivity (Wildman–Crippen MR) is 69.5 cm³/mol. The van der Waals surface area contributed by atoms with Crippen LogP contribution in [0.1, 0.15) is 19.4 Å². The van der Waals surface area contributed by atoms with E-state index in [1.54, 1.807) is 6.07 Å². The van der Waals surface area contributed by atoms with Gasteiger partial charge in [0.2, 0.25) is 0 Å². The minimum Gasteiger partial charge on any atom is -0.361 e. The summed E-state index contributed by atoms with van der Waals surface area (Å²) in [6.45, 7) is 4.25. The molecule has 1 aromatic heterocycles. The van der Waals surface area contributed by atoms with Crippen LogP contribution in [0.15, 0.2) is 24.4 Å². The number of rotatable bonds is 3. The SMILES string of the molecule is CC(C)(CBr)Cc1cc2[nH]ccc2cc1F. The normalized spacial score (nSPS) is 12.2. The van der Waals surface area contributed by atoms with Gasteiger partial charge in [0.15, 0.2) is 0 Å². The lowest BCUT2D eigenvalue weighted by molar-refractivity contribution is 0.415. The number of alkyl halides is 1. The number of hydrogen-bond donors (Lipinski definition) is 1. The number of hydrogen-bond acceptors (Lipinski definition) is 0. The third-order valence-corrected chi connectivity index (χ3v) is 4.27. The Morgan fingerprint density at radius 1 is 1.38 bits per heavy atom. The van der Waals surface area contributed by atoms with Crippen LogP contribution in [0.25, 0.3) is 10.9 Å². The van der Waals surface area contributed by atoms with E-state index in [1.165, 1.54) is 0 Å². The summed E-state index contributed by atoms with van der Waals surface area (Å²) in [5.74, 6) is -0.110. The molecule has 3 heteroatoms. The molecule has 0 aliphatic heterocycles. The van der Waals surface area contributed by atoms with E-state index < -0.39 is 0 Å². The molecule has 0 saturated heterocycles. The highest BCUT2D eigenvalue weighted by Gasteiger charge is 2.19. The predicted octanol–water partition coefficient (Wildman–Crippen LogP) is 4.27. The zero-order valence-electron chi connectivity index (χ0n) is 9.48. The quantitative estimate of drug-likeness (QED) is 0.810. The fourth-order valence-electron chi connectivity index (χ4n) is 1.82. The number of nitrogens with one attached hydrogen (secondary N) is 1. The van der Waals surface area contributed by atoms with E-state index in [0.717, 1.165) is 28.2 Å². The number of aromatic amines is 1. The first kappa shape index (κ1) is 11.6. The van der Waals surface area contributed by atoms with Crippen LogP contribution < -0.4 is 0 Å². The van der Waals surface area contributed by atoms with Gasteiger partial charge in [-0.1, -0.05) is 29.8 Å². The molecule has 0 saturated carbocycles. The smallest absolute Gasteiger partial charge is 0.127 e. The van der Waals surface area contributed by atoms with Gasteiger partial charge in [0.25, 0.3) is 0 Å². The Hall–Kier alpha value is -0.830. The van der Waals surface area contributed by atoms with Crippen LogP contribution in [0, 0.1) is 11.2 Å². The molecule has 0 spiro atoms. The second-order valence-electron chi connectivity index (χ2n) is 4.98. The number of halogens is 2. The van der Waals surface area contributed by atoms with Gasteiger partial charge in [0.05, 0.1) is 0 Å². The molecule has 0 fully saturated rings. The van der Waals surface area contributed by atoms with Crippen LogP contribution in [-0.2, 0) is 6.42 Å². The standard InChI is InChI=1S/C13H15BrFN/c1-13(2,8-14)7-10-6-12-9(3-4-16-12)5-11(10)15/h3-6,16H,7-8H2,1-2H3. The largest absolute Gasteiger partial charge is 0.361 e. The lowest BCUT2D eigenvalue weighted by atomic mass is 9.87. The molecule has 1 N–H and O–H groups in total. The van der Waals surface area contributed by atoms with Gasteiger partial charge in [-0.2, -0.15) is 0 Å². The number of fused-ring (bicyclic) bond motifs is 1. The molecular weight excluding hydrogens is 269 g/mol.